The number of piperidine rings is 1. The number of carbonyl (C=O) groups excluding carboxylic acids is 1. The second-order valence-electron chi connectivity index (χ2n) is 9.16. The zero-order chi connectivity index (χ0) is 24.0. The molecule has 0 aromatic carbocycles. The lowest BCUT2D eigenvalue weighted by molar-refractivity contribution is -0.161. The van der Waals surface area contributed by atoms with Crippen molar-refractivity contribution in [1.82, 2.24) is 4.31 Å². The van der Waals surface area contributed by atoms with Gasteiger partial charge in [-0.25, -0.2) is 12.7 Å². The van der Waals surface area contributed by atoms with E-state index in [0.29, 0.717) is 19.3 Å². The van der Waals surface area contributed by atoms with Crippen molar-refractivity contribution < 1.29 is 40.6 Å². The number of allylic oxidation sites excluding steroid dienone is 1. The maximum Gasteiger partial charge on any atom is 0.392 e. The van der Waals surface area contributed by atoms with E-state index in [1.807, 2.05) is 0 Å². The number of hydrogen-bond donors (Lipinski definition) is 0. The first-order valence-corrected chi connectivity index (χ1v) is 12.4. The highest BCUT2D eigenvalue weighted by Gasteiger charge is 2.56. The van der Waals surface area contributed by atoms with Gasteiger partial charge in [-0.1, -0.05) is 12.2 Å². The Morgan fingerprint density at radius 2 is 1.72 bits per heavy atom. The van der Waals surface area contributed by atoms with E-state index in [0.717, 1.165) is 6.08 Å². The molecular formula is C21H34F3NO6S. The number of sulfonamides is 1. The van der Waals surface area contributed by atoms with Crippen LogP contribution in [0.15, 0.2) is 12.2 Å². The molecule has 2 aliphatic heterocycles. The molecule has 0 radical (unpaired) electrons. The normalized spacial score (nSPS) is 21.7. The number of esters is 1. The van der Waals surface area contributed by atoms with Crippen molar-refractivity contribution in [1.29, 1.82) is 0 Å². The Kier molecular flexibility index (Phi) is 9.17. The monoisotopic (exact) mass is 485 g/mol. The van der Waals surface area contributed by atoms with E-state index in [4.69, 9.17) is 14.2 Å². The van der Waals surface area contributed by atoms with Crippen molar-refractivity contribution in [2.24, 2.45) is 0 Å². The first kappa shape index (κ1) is 27.1. The number of alkyl halides is 3. The molecule has 0 aromatic rings. The predicted octanol–water partition coefficient (Wildman–Crippen LogP) is 3.59. The lowest BCUT2D eigenvalue weighted by atomic mass is 9.99. The maximum atomic E-state index is 13.5. The van der Waals surface area contributed by atoms with Crippen molar-refractivity contribution in [3.63, 3.8) is 0 Å². The van der Waals surface area contributed by atoms with Gasteiger partial charge in [0, 0.05) is 39.1 Å². The Bertz CT molecular complexity index is 746. The summed E-state index contributed by atoms with van der Waals surface area (Å²) in [6.45, 7) is 6.12. The molecule has 0 bridgehead atoms. The van der Waals surface area contributed by atoms with Gasteiger partial charge in [0.1, 0.15) is 5.60 Å². The summed E-state index contributed by atoms with van der Waals surface area (Å²) in [5.41, 5.74) is -0.812. The zero-order valence-corrected chi connectivity index (χ0v) is 19.8. The van der Waals surface area contributed by atoms with E-state index in [9.17, 15) is 26.4 Å². The molecule has 0 atom stereocenters. The molecule has 186 valence electrons. The number of ether oxygens (including phenoxy) is 3. The minimum absolute atomic E-state index is 0.0466. The highest BCUT2D eigenvalue weighted by atomic mass is 32.2. The predicted molar refractivity (Wildman–Crippen MR) is 113 cm³/mol. The summed E-state index contributed by atoms with van der Waals surface area (Å²) in [4.78, 5) is 13.0. The summed E-state index contributed by atoms with van der Waals surface area (Å²) in [7, 11) is -3.98. The summed E-state index contributed by atoms with van der Waals surface area (Å²) in [6, 6.07) is 0. The van der Waals surface area contributed by atoms with Crippen molar-refractivity contribution in [3.05, 3.63) is 12.2 Å². The van der Waals surface area contributed by atoms with Gasteiger partial charge >= 0.3 is 12.1 Å². The van der Waals surface area contributed by atoms with Crippen molar-refractivity contribution in [2.45, 2.75) is 81.9 Å². The second kappa shape index (κ2) is 10.8. The lowest BCUT2D eigenvalue weighted by Gasteiger charge is -2.41. The lowest BCUT2D eigenvalue weighted by Crippen LogP contribution is -2.59. The van der Waals surface area contributed by atoms with Crippen LogP contribution in [0, 0.1) is 0 Å². The van der Waals surface area contributed by atoms with E-state index < -0.39 is 38.9 Å². The number of rotatable bonds is 8. The molecule has 0 unspecified atom stereocenters. The molecule has 0 amide bonds. The molecule has 0 spiro atoms. The van der Waals surface area contributed by atoms with Crippen LogP contribution in [0.1, 0.15) is 59.3 Å². The fraction of sp³-hybridized carbons (Fsp3) is 0.857. The van der Waals surface area contributed by atoms with Crippen LogP contribution in [0.25, 0.3) is 0 Å². The number of nitrogens with zero attached hydrogens (tertiary/aromatic N) is 1. The summed E-state index contributed by atoms with van der Waals surface area (Å²) in [6.07, 6.45) is -1.49. The van der Waals surface area contributed by atoms with E-state index in [2.05, 4.69) is 0 Å². The third-order valence-corrected chi connectivity index (χ3v) is 8.07. The first-order valence-electron chi connectivity index (χ1n) is 10.9. The van der Waals surface area contributed by atoms with Crippen LogP contribution in [0.3, 0.4) is 0 Å². The summed E-state index contributed by atoms with van der Waals surface area (Å²) in [5, 5.41) is 0. The molecular weight excluding hydrogens is 451 g/mol. The molecule has 0 aliphatic carbocycles. The van der Waals surface area contributed by atoms with Crippen LogP contribution in [0.5, 0.6) is 0 Å². The second-order valence-corrected chi connectivity index (χ2v) is 11.4. The third-order valence-electron chi connectivity index (χ3n) is 5.46. The summed E-state index contributed by atoms with van der Waals surface area (Å²) < 4.78 is 79.6. The van der Waals surface area contributed by atoms with Gasteiger partial charge in [0.2, 0.25) is 10.0 Å². The maximum absolute atomic E-state index is 13.5. The van der Waals surface area contributed by atoms with Crippen molar-refractivity contribution in [3.8, 4) is 0 Å². The minimum atomic E-state index is -4.21. The highest BCUT2D eigenvalue weighted by molar-refractivity contribution is 7.91. The Hall–Kier alpha value is -1.17. The SMILES string of the molecule is CC(C)(C)OC(=O)C1(S(=O)(=O)N2CCC(OCCC=CCC(F)(F)F)CC2)CCOCC1. The Balaban J connectivity index is 1.93. The van der Waals surface area contributed by atoms with Gasteiger partial charge in [-0.05, 0) is 40.0 Å². The molecule has 32 heavy (non-hydrogen) atoms. The number of carbonyl (C=O) groups is 1. The van der Waals surface area contributed by atoms with Gasteiger partial charge in [0.25, 0.3) is 0 Å². The average molecular weight is 486 g/mol. The van der Waals surface area contributed by atoms with Crippen molar-refractivity contribution in [2.75, 3.05) is 32.9 Å². The quantitative estimate of drug-likeness (QED) is 0.297. The van der Waals surface area contributed by atoms with Crippen molar-refractivity contribution >= 4 is 16.0 Å². The van der Waals surface area contributed by atoms with Gasteiger partial charge in [0.15, 0.2) is 4.75 Å². The van der Waals surface area contributed by atoms with Crippen LogP contribution < -0.4 is 0 Å². The molecule has 0 aromatic heterocycles. The number of hydrogen-bond acceptors (Lipinski definition) is 6. The molecule has 11 heteroatoms. The van der Waals surface area contributed by atoms with E-state index >= 15 is 0 Å². The third kappa shape index (κ3) is 7.43. The van der Waals surface area contributed by atoms with Crippen LogP contribution >= 0.6 is 0 Å². The topological polar surface area (TPSA) is 82.1 Å². The first-order chi connectivity index (χ1) is 14.8. The Morgan fingerprint density at radius 1 is 1.12 bits per heavy atom. The van der Waals surface area contributed by atoms with E-state index in [-0.39, 0.29) is 51.9 Å². The van der Waals surface area contributed by atoms with Crippen LogP contribution in [-0.4, -0.2) is 74.2 Å². The van der Waals surface area contributed by atoms with Crippen LogP contribution in [0.2, 0.25) is 0 Å². The smallest absolute Gasteiger partial charge is 0.392 e. The fourth-order valence-corrected chi connectivity index (χ4v) is 5.88. The molecule has 0 saturated carbocycles. The minimum Gasteiger partial charge on any atom is -0.459 e. The standard InChI is InChI=1S/C21H34F3NO6S/c1-19(2,3)31-18(26)20(10-15-29-16-11-20)32(27,28)25-12-7-17(8-13-25)30-14-6-4-5-9-21(22,23)24/h4-5,17H,6-16H2,1-3H3. The van der Waals surface area contributed by atoms with Crippen LogP contribution in [-0.2, 0) is 29.0 Å². The van der Waals surface area contributed by atoms with Gasteiger partial charge in [-0.3, -0.25) is 4.79 Å². The van der Waals surface area contributed by atoms with E-state index in [1.54, 1.807) is 20.8 Å². The Morgan fingerprint density at radius 3 is 2.25 bits per heavy atom. The molecule has 2 fully saturated rings. The number of halogens is 3. The molecule has 2 heterocycles. The zero-order valence-electron chi connectivity index (χ0n) is 18.9. The average Bonchev–Trinajstić information content (AvgIpc) is 2.69. The van der Waals surface area contributed by atoms with E-state index in [1.165, 1.54) is 10.4 Å². The summed E-state index contributed by atoms with van der Waals surface area (Å²) in [5.74, 6) is -0.739. The molecule has 0 N–H and O–H groups in total. The van der Waals surface area contributed by atoms with Gasteiger partial charge in [0.05, 0.1) is 19.1 Å². The molecule has 7 nitrogen and oxygen atoms in total. The molecule has 2 rings (SSSR count). The largest absolute Gasteiger partial charge is 0.459 e. The Labute approximate surface area is 188 Å². The van der Waals surface area contributed by atoms with Gasteiger partial charge in [-0.2, -0.15) is 13.2 Å². The highest BCUT2D eigenvalue weighted by Crippen LogP contribution is 2.36. The molecule has 2 saturated heterocycles. The summed E-state index contributed by atoms with van der Waals surface area (Å²) >= 11 is 0. The van der Waals surface area contributed by atoms with Gasteiger partial charge in [-0.15, -0.1) is 0 Å². The molecule has 2 aliphatic rings. The van der Waals surface area contributed by atoms with Gasteiger partial charge < -0.3 is 14.2 Å². The van der Waals surface area contributed by atoms with Crippen LogP contribution in [0.4, 0.5) is 13.2 Å². The fourth-order valence-electron chi connectivity index (χ4n) is 3.76.